The van der Waals surface area contributed by atoms with E-state index in [0.717, 1.165) is 4.57 Å². The van der Waals surface area contributed by atoms with Gasteiger partial charge in [-0.05, 0) is 22.0 Å². The number of halogens is 4. The highest BCUT2D eigenvalue weighted by molar-refractivity contribution is 9.10. The maximum Gasteiger partial charge on any atom is 0.422 e. The van der Waals surface area contributed by atoms with Gasteiger partial charge in [-0.2, -0.15) is 13.2 Å². The molecule has 0 spiro atoms. The lowest BCUT2D eigenvalue weighted by atomic mass is 10.3. The molecule has 0 N–H and O–H groups in total. The van der Waals surface area contributed by atoms with Crippen molar-refractivity contribution in [3.8, 4) is 0 Å². The maximum atomic E-state index is 12.2. The molecule has 2 nitrogen and oxygen atoms in total. The van der Waals surface area contributed by atoms with E-state index in [1.807, 2.05) is 0 Å². The predicted molar refractivity (Wildman–Crippen MR) is 44.4 cm³/mol. The quantitative estimate of drug-likeness (QED) is 0.697. The Balaban J connectivity index is 3.53. The summed E-state index contributed by atoms with van der Waals surface area (Å²) in [5.74, 6) is 0. The van der Waals surface area contributed by atoms with Gasteiger partial charge in [-0.15, -0.1) is 0 Å². The van der Waals surface area contributed by atoms with Gasteiger partial charge < -0.3 is 4.57 Å². The van der Waals surface area contributed by atoms with Crippen molar-refractivity contribution < 1.29 is 13.2 Å². The molecule has 0 amide bonds. The number of hydrogen-bond acceptors (Lipinski definition) is 1. The first kappa shape index (κ1) is 10.3. The Hall–Kier alpha value is -0.780. The van der Waals surface area contributed by atoms with Crippen molar-refractivity contribution in [3.05, 3.63) is 32.7 Å². The highest BCUT2D eigenvalue weighted by atomic mass is 79.9. The molecule has 1 rings (SSSR count). The molecule has 0 unspecified atom stereocenters. The Bertz CT molecular complexity index is 382. The van der Waals surface area contributed by atoms with Crippen LogP contribution < -0.4 is 5.56 Å². The average Bonchev–Trinajstić information content (AvgIpc) is 1.95. The summed E-state index contributed by atoms with van der Waals surface area (Å²) in [5, 5.41) is 0. The van der Waals surface area contributed by atoms with E-state index < -0.39 is 17.3 Å². The van der Waals surface area contributed by atoms with Crippen molar-refractivity contribution in [2.24, 2.45) is 7.05 Å². The number of pyridine rings is 1. The molecule has 0 aliphatic carbocycles. The van der Waals surface area contributed by atoms with Gasteiger partial charge in [0.25, 0.3) is 5.56 Å². The zero-order chi connectivity index (χ0) is 10.2. The average molecular weight is 256 g/mol. The summed E-state index contributed by atoms with van der Waals surface area (Å²) in [6.45, 7) is 0. The van der Waals surface area contributed by atoms with Gasteiger partial charge in [-0.25, -0.2) is 0 Å². The number of aromatic nitrogens is 1. The summed E-state index contributed by atoms with van der Waals surface area (Å²) in [7, 11) is 1.27. The van der Waals surface area contributed by atoms with Gasteiger partial charge >= 0.3 is 6.18 Å². The summed E-state index contributed by atoms with van der Waals surface area (Å²) < 4.78 is 37.4. The van der Waals surface area contributed by atoms with Crippen LogP contribution in [0.15, 0.2) is 21.5 Å². The molecular formula is C7H5BrF3NO. The molecule has 0 saturated heterocycles. The van der Waals surface area contributed by atoms with E-state index >= 15 is 0 Å². The van der Waals surface area contributed by atoms with Crippen molar-refractivity contribution in [1.29, 1.82) is 0 Å². The normalized spacial score (nSPS) is 11.8. The standard InChI is InChI=1S/C7H5BrF3NO/c1-12-3-2-4(8)5(6(12)13)7(9,10)11/h2-3H,1H3. The van der Waals surface area contributed by atoms with Crippen molar-refractivity contribution in [3.63, 3.8) is 0 Å². The molecule has 0 bridgehead atoms. The van der Waals surface area contributed by atoms with Crippen LogP contribution in [0.1, 0.15) is 5.56 Å². The van der Waals surface area contributed by atoms with Crippen molar-refractivity contribution >= 4 is 15.9 Å². The van der Waals surface area contributed by atoms with Crippen LogP contribution >= 0.6 is 15.9 Å². The minimum absolute atomic E-state index is 0.233. The Labute approximate surface area is 80.1 Å². The van der Waals surface area contributed by atoms with E-state index in [9.17, 15) is 18.0 Å². The van der Waals surface area contributed by atoms with Crippen LogP contribution in [0.4, 0.5) is 13.2 Å². The molecular weight excluding hydrogens is 251 g/mol. The van der Waals surface area contributed by atoms with E-state index in [4.69, 9.17) is 0 Å². The summed E-state index contributed by atoms with van der Waals surface area (Å²) >= 11 is 2.68. The van der Waals surface area contributed by atoms with Crippen LogP contribution in [0, 0.1) is 0 Å². The van der Waals surface area contributed by atoms with Crippen LogP contribution in [0.5, 0.6) is 0 Å². The third-order valence-corrected chi connectivity index (χ3v) is 2.16. The number of aryl methyl sites for hydroxylation is 1. The molecule has 13 heavy (non-hydrogen) atoms. The molecule has 6 heteroatoms. The summed E-state index contributed by atoms with van der Waals surface area (Å²) in [6.07, 6.45) is -3.35. The van der Waals surface area contributed by atoms with Crippen LogP contribution in [0.3, 0.4) is 0 Å². The zero-order valence-electron chi connectivity index (χ0n) is 6.52. The van der Waals surface area contributed by atoms with Crippen molar-refractivity contribution in [2.45, 2.75) is 6.18 Å². The Morgan fingerprint density at radius 3 is 2.38 bits per heavy atom. The third kappa shape index (κ3) is 1.93. The lowest BCUT2D eigenvalue weighted by Crippen LogP contribution is -2.26. The van der Waals surface area contributed by atoms with Gasteiger partial charge in [0, 0.05) is 17.7 Å². The van der Waals surface area contributed by atoms with Crippen molar-refractivity contribution in [1.82, 2.24) is 4.57 Å². The van der Waals surface area contributed by atoms with Crippen LogP contribution in [-0.4, -0.2) is 4.57 Å². The SMILES string of the molecule is Cn1ccc(Br)c(C(F)(F)F)c1=O. The van der Waals surface area contributed by atoms with Crippen LogP contribution in [0.2, 0.25) is 0 Å². The molecule has 0 fully saturated rings. The Kier molecular flexibility index (Phi) is 2.51. The number of nitrogens with zero attached hydrogens (tertiary/aromatic N) is 1. The fourth-order valence-electron chi connectivity index (χ4n) is 0.863. The zero-order valence-corrected chi connectivity index (χ0v) is 8.11. The Morgan fingerprint density at radius 2 is 2.00 bits per heavy atom. The summed E-state index contributed by atoms with van der Waals surface area (Å²) in [4.78, 5) is 11.0. The molecule has 0 aliphatic rings. The second kappa shape index (κ2) is 3.17. The first-order valence-corrected chi connectivity index (χ1v) is 4.05. The van der Waals surface area contributed by atoms with Gasteiger partial charge in [0.05, 0.1) is 0 Å². The summed E-state index contributed by atoms with van der Waals surface area (Å²) in [5.41, 5.74) is -2.22. The second-order valence-corrected chi connectivity index (χ2v) is 3.31. The topological polar surface area (TPSA) is 22.0 Å². The molecule has 0 saturated carbocycles. The largest absolute Gasteiger partial charge is 0.422 e. The number of rotatable bonds is 0. The van der Waals surface area contributed by atoms with E-state index in [1.54, 1.807) is 0 Å². The Morgan fingerprint density at radius 1 is 1.46 bits per heavy atom. The van der Waals surface area contributed by atoms with E-state index in [1.165, 1.54) is 19.3 Å². The molecule has 0 radical (unpaired) electrons. The molecule has 1 aromatic heterocycles. The fourth-order valence-corrected chi connectivity index (χ4v) is 1.38. The van der Waals surface area contributed by atoms with Gasteiger partial charge in [0.15, 0.2) is 0 Å². The third-order valence-electron chi connectivity index (χ3n) is 1.50. The molecule has 0 aliphatic heterocycles. The molecule has 0 atom stereocenters. The first-order chi connectivity index (χ1) is 5.84. The highest BCUT2D eigenvalue weighted by Crippen LogP contribution is 2.31. The van der Waals surface area contributed by atoms with Gasteiger partial charge in [-0.3, -0.25) is 4.79 Å². The predicted octanol–water partition coefficient (Wildman–Crippen LogP) is 2.17. The lowest BCUT2D eigenvalue weighted by molar-refractivity contribution is -0.139. The number of hydrogen-bond donors (Lipinski definition) is 0. The molecule has 1 aromatic rings. The fraction of sp³-hybridized carbons (Fsp3) is 0.286. The van der Waals surface area contributed by atoms with E-state index in [0.29, 0.717) is 0 Å². The first-order valence-electron chi connectivity index (χ1n) is 3.26. The van der Waals surface area contributed by atoms with E-state index in [-0.39, 0.29) is 4.47 Å². The monoisotopic (exact) mass is 255 g/mol. The molecule has 72 valence electrons. The smallest absolute Gasteiger partial charge is 0.318 e. The van der Waals surface area contributed by atoms with Gasteiger partial charge in [0.1, 0.15) is 5.56 Å². The second-order valence-electron chi connectivity index (χ2n) is 2.45. The van der Waals surface area contributed by atoms with E-state index in [2.05, 4.69) is 15.9 Å². The van der Waals surface area contributed by atoms with Crippen molar-refractivity contribution in [2.75, 3.05) is 0 Å². The molecule has 0 aromatic carbocycles. The highest BCUT2D eigenvalue weighted by Gasteiger charge is 2.36. The maximum absolute atomic E-state index is 12.2. The molecule has 1 heterocycles. The van der Waals surface area contributed by atoms with Crippen LogP contribution in [0.25, 0.3) is 0 Å². The minimum Gasteiger partial charge on any atom is -0.318 e. The lowest BCUT2D eigenvalue weighted by Gasteiger charge is -2.08. The van der Waals surface area contributed by atoms with Gasteiger partial charge in [-0.1, -0.05) is 0 Å². The van der Waals surface area contributed by atoms with Gasteiger partial charge in [0.2, 0.25) is 0 Å². The minimum atomic E-state index is -4.62. The number of alkyl halides is 3. The summed E-state index contributed by atoms with van der Waals surface area (Å²) in [6, 6.07) is 1.18. The van der Waals surface area contributed by atoms with Crippen LogP contribution in [-0.2, 0) is 13.2 Å².